The molecule has 0 fully saturated rings. The first-order valence-electron chi connectivity index (χ1n) is 9.62. The number of anilines is 1. The SMILES string of the molecule is CC(=O)N(C)c1c(Cl)ccc(C2=C(OC(=O)C(C)(C)C)c3ncccc3CS2(=O)=O)c1Cl. The van der Waals surface area contributed by atoms with E-state index < -0.39 is 21.2 Å². The van der Waals surface area contributed by atoms with E-state index in [2.05, 4.69) is 4.98 Å². The minimum Gasteiger partial charge on any atom is -0.422 e. The second-order valence-electron chi connectivity index (χ2n) is 8.40. The fourth-order valence-electron chi connectivity index (χ4n) is 3.10. The fraction of sp³-hybridized carbons (Fsp3) is 0.318. The van der Waals surface area contributed by atoms with Crippen LogP contribution in [0.15, 0.2) is 30.5 Å². The van der Waals surface area contributed by atoms with Crippen molar-refractivity contribution in [2.45, 2.75) is 33.4 Å². The molecule has 2 heterocycles. The summed E-state index contributed by atoms with van der Waals surface area (Å²) < 4.78 is 32.4. The summed E-state index contributed by atoms with van der Waals surface area (Å²) in [7, 11) is -2.52. The predicted octanol–water partition coefficient (Wildman–Crippen LogP) is 4.71. The van der Waals surface area contributed by atoms with E-state index in [0.29, 0.717) is 5.56 Å². The number of rotatable bonds is 3. The van der Waals surface area contributed by atoms with Crippen LogP contribution in [-0.4, -0.2) is 32.3 Å². The first kappa shape index (κ1) is 24.2. The van der Waals surface area contributed by atoms with Crippen molar-refractivity contribution in [2.24, 2.45) is 5.41 Å². The zero-order valence-corrected chi connectivity index (χ0v) is 20.5. The van der Waals surface area contributed by atoms with E-state index in [9.17, 15) is 18.0 Å². The number of aromatic nitrogens is 1. The number of carbonyl (C=O) groups excluding carboxylic acids is 2. The van der Waals surface area contributed by atoms with Gasteiger partial charge in [0, 0.05) is 25.7 Å². The van der Waals surface area contributed by atoms with Crippen LogP contribution in [0, 0.1) is 5.41 Å². The maximum absolute atomic E-state index is 13.4. The number of hydrogen-bond acceptors (Lipinski definition) is 6. The van der Waals surface area contributed by atoms with E-state index in [0.717, 1.165) is 0 Å². The molecule has 0 aliphatic carbocycles. The molecule has 0 saturated carbocycles. The highest BCUT2D eigenvalue weighted by Gasteiger charge is 2.38. The van der Waals surface area contributed by atoms with Gasteiger partial charge >= 0.3 is 5.97 Å². The van der Waals surface area contributed by atoms with Gasteiger partial charge in [0.05, 0.1) is 26.9 Å². The van der Waals surface area contributed by atoms with Crippen molar-refractivity contribution in [3.63, 3.8) is 0 Å². The molecule has 1 aliphatic heterocycles. The summed E-state index contributed by atoms with van der Waals surface area (Å²) in [6, 6.07) is 6.09. The molecule has 7 nitrogen and oxygen atoms in total. The Balaban J connectivity index is 2.39. The highest BCUT2D eigenvalue weighted by Crippen LogP contribution is 2.46. The van der Waals surface area contributed by atoms with E-state index in [-0.39, 0.29) is 49.3 Å². The number of hydrogen-bond donors (Lipinski definition) is 0. The number of benzene rings is 1. The van der Waals surface area contributed by atoms with Crippen LogP contribution in [0.3, 0.4) is 0 Å². The van der Waals surface area contributed by atoms with Gasteiger partial charge in [0.15, 0.2) is 15.6 Å². The summed E-state index contributed by atoms with van der Waals surface area (Å²) in [6.07, 6.45) is 1.48. The monoisotopic (exact) mass is 496 g/mol. The van der Waals surface area contributed by atoms with Gasteiger partial charge in [-0.2, -0.15) is 0 Å². The zero-order valence-electron chi connectivity index (χ0n) is 18.2. The number of ether oxygens (including phenoxy) is 1. The third-order valence-electron chi connectivity index (χ3n) is 4.90. The van der Waals surface area contributed by atoms with Gasteiger partial charge < -0.3 is 9.64 Å². The van der Waals surface area contributed by atoms with Crippen LogP contribution in [0.4, 0.5) is 5.69 Å². The van der Waals surface area contributed by atoms with Crippen LogP contribution in [0.25, 0.3) is 10.7 Å². The molecular weight excluding hydrogens is 475 g/mol. The molecule has 2 aromatic rings. The summed E-state index contributed by atoms with van der Waals surface area (Å²) in [5, 5.41) is 0.106. The predicted molar refractivity (Wildman–Crippen MR) is 125 cm³/mol. The van der Waals surface area contributed by atoms with E-state index in [1.54, 1.807) is 32.9 Å². The second kappa shape index (κ2) is 8.50. The molecule has 3 rings (SSSR count). The average molecular weight is 497 g/mol. The Kier molecular flexibility index (Phi) is 6.43. The van der Waals surface area contributed by atoms with Crippen LogP contribution < -0.4 is 4.90 Å². The topological polar surface area (TPSA) is 93.6 Å². The number of fused-ring (bicyclic) bond motifs is 1. The van der Waals surface area contributed by atoms with E-state index >= 15 is 0 Å². The van der Waals surface area contributed by atoms with Crippen LogP contribution in [-0.2, 0) is 29.9 Å². The van der Waals surface area contributed by atoms with Crippen molar-refractivity contribution in [3.05, 3.63) is 57.3 Å². The molecule has 0 radical (unpaired) electrons. The molecule has 170 valence electrons. The summed E-state index contributed by atoms with van der Waals surface area (Å²) in [5.74, 6) is -1.53. The van der Waals surface area contributed by atoms with Gasteiger partial charge in [-0.3, -0.25) is 14.6 Å². The molecule has 1 aliphatic rings. The van der Waals surface area contributed by atoms with Crippen molar-refractivity contribution >= 4 is 61.3 Å². The molecule has 0 bridgehead atoms. The lowest BCUT2D eigenvalue weighted by Crippen LogP contribution is -2.26. The van der Waals surface area contributed by atoms with Crippen molar-refractivity contribution in [1.82, 2.24) is 4.98 Å². The van der Waals surface area contributed by atoms with Crippen molar-refractivity contribution < 1.29 is 22.7 Å². The fourth-order valence-corrected chi connectivity index (χ4v) is 5.58. The maximum Gasteiger partial charge on any atom is 0.316 e. The van der Waals surface area contributed by atoms with Gasteiger partial charge in [-0.15, -0.1) is 0 Å². The molecule has 10 heteroatoms. The number of amides is 1. The average Bonchev–Trinajstić information content (AvgIpc) is 2.67. The molecule has 1 amide bonds. The first-order valence-corrected chi connectivity index (χ1v) is 12.0. The number of halogens is 2. The summed E-state index contributed by atoms with van der Waals surface area (Å²) >= 11 is 12.9. The van der Waals surface area contributed by atoms with Gasteiger partial charge in [0.1, 0.15) is 10.6 Å². The molecule has 0 saturated heterocycles. The smallest absolute Gasteiger partial charge is 0.316 e. The standard InChI is InChI=1S/C22H22Cl2N2O5S/c1-12(27)26(5)18-15(23)9-8-14(16(18)24)20-19(31-21(28)22(2,3)4)17-13(7-6-10-25-17)11-32(20,29)30/h6-10H,11H2,1-5H3. The number of pyridine rings is 1. The number of nitrogens with zero attached hydrogens (tertiary/aromatic N) is 2. The molecule has 0 spiro atoms. The Morgan fingerprint density at radius 2 is 1.81 bits per heavy atom. The maximum atomic E-state index is 13.4. The number of esters is 1. The second-order valence-corrected chi connectivity index (χ2v) is 11.1. The summed E-state index contributed by atoms with van der Waals surface area (Å²) in [5.41, 5.74) is -0.0546. The quantitative estimate of drug-likeness (QED) is 0.570. The van der Waals surface area contributed by atoms with Crippen LogP contribution in [0.5, 0.6) is 0 Å². The Morgan fingerprint density at radius 3 is 2.41 bits per heavy atom. The lowest BCUT2D eigenvalue weighted by atomic mass is 9.97. The van der Waals surface area contributed by atoms with Crippen LogP contribution in [0.2, 0.25) is 10.0 Å². The van der Waals surface area contributed by atoms with Crippen molar-refractivity contribution in [1.29, 1.82) is 0 Å². The minimum atomic E-state index is -4.00. The molecule has 1 aromatic carbocycles. The first-order chi connectivity index (χ1) is 14.8. The highest BCUT2D eigenvalue weighted by atomic mass is 35.5. The normalized spacial score (nSPS) is 15.2. The van der Waals surface area contributed by atoms with Gasteiger partial charge in [-0.05, 0) is 38.5 Å². The Morgan fingerprint density at radius 1 is 1.16 bits per heavy atom. The van der Waals surface area contributed by atoms with E-state index in [4.69, 9.17) is 27.9 Å². The molecule has 1 aromatic heterocycles. The van der Waals surface area contributed by atoms with Crippen LogP contribution >= 0.6 is 23.2 Å². The van der Waals surface area contributed by atoms with Crippen LogP contribution in [0.1, 0.15) is 44.5 Å². The Labute approximate surface area is 196 Å². The van der Waals surface area contributed by atoms with Gasteiger partial charge in [-0.25, -0.2) is 8.42 Å². The Bertz CT molecular complexity index is 1260. The number of sulfone groups is 1. The van der Waals surface area contributed by atoms with Gasteiger partial charge in [0.25, 0.3) is 0 Å². The molecule has 0 atom stereocenters. The van der Waals surface area contributed by atoms with Crippen molar-refractivity contribution in [3.8, 4) is 0 Å². The molecular formula is C22H22Cl2N2O5S. The molecule has 0 unspecified atom stereocenters. The lowest BCUT2D eigenvalue weighted by molar-refractivity contribution is -0.145. The van der Waals surface area contributed by atoms with Crippen molar-refractivity contribution in [2.75, 3.05) is 11.9 Å². The highest BCUT2D eigenvalue weighted by molar-refractivity contribution is 8.00. The Hall–Kier alpha value is -2.42. The largest absolute Gasteiger partial charge is 0.422 e. The third kappa shape index (κ3) is 4.40. The van der Waals surface area contributed by atoms with Gasteiger partial charge in [-0.1, -0.05) is 35.3 Å². The molecule has 0 N–H and O–H groups in total. The summed E-state index contributed by atoms with van der Waals surface area (Å²) in [4.78, 5) is 29.9. The zero-order chi connectivity index (χ0) is 24.0. The third-order valence-corrected chi connectivity index (χ3v) is 7.30. The van der Waals surface area contributed by atoms with Gasteiger partial charge in [0.2, 0.25) is 5.91 Å². The summed E-state index contributed by atoms with van der Waals surface area (Å²) in [6.45, 7) is 6.29. The van der Waals surface area contributed by atoms with E-state index in [1.807, 2.05) is 0 Å². The molecule has 32 heavy (non-hydrogen) atoms. The number of carbonyl (C=O) groups is 2. The van der Waals surface area contributed by atoms with E-state index in [1.165, 1.54) is 37.2 Å². The lowest BCUT2D eigenvalue weighted by Gasteiger charge is -2.26. The minimum absolute atomic E-state index is 0.0579.